The van der Waals surface area contributed by atoms with Crippen LogP contribution in [0.5, 0.6) is 0 Å². The summed E-state index contributed by atoms with van der Waals surface area (Å²) in [6.07, 6.45) is 16.9. The molecule has 0 N–H and O–H groups in total. The summed E-state index contributed by atoms with van der Waals surface area (Å²) in [6.45, 7) is 2.25. The first-order chi connectivity index (χ1) is 9.56. The van der Waals surface area contributed by atoms with Crippen molar-refractivity contribution in [3.05, 3.63) is 0 Å². The summed E-state index contributed by atoms with van der Waals surface area (Å²) in [5, 5.41) is 0. The van der Waals surface area contributed by atoms with E-state index < -0.39 is 10.2 Å². The molecule has 0 radical (unpaired) electrons. The molecule has 0 amide bonds. The molecule has 0 aliphatic carbocycles. The van der Waals surface area contributed by atoms with Gasteiger partial charge in [0, 0.05) is 0 Å². The van der Waals surface area contributed by atoms with Gasteiger partial charge in [0.25, 0.3) is 0 Å². The van der Waals surface area contributed by atoms with Crippen molar-refractivity contribution in [2.45, 2.75) is 96.8 Å². The molecule has 0 unspecified atom stereocenters. The van der Waals surface area contributed by atoms with Crippen molar-refractivity contribution in [3.63, 3.8) is 0 Å². The van der Waals surface area contributed by atoms with E-state index in [-0.39, 0.29) is 5.75 Å². The van der Waals surface area contributed by atoms with E-state index in [0.717, 1.165) is 19.3 Å². The van der Waals surface area contributed by atoms with E-state index >= 15 is 0 Å². The smallest absolute Gasteiger partial charge is 0.195 e. The molecule has 0 rings (SSSR count). The minimum absolute atomic E-state index is 0.301. The average molecular weight is 309 g/mol. The van der Waals surface area contributed by atoms with Crippen molar-refractivity contribution in [1.82, 2.24) is 0 Å². The normalized spacial score (nSPS) is 11.9. The van der Waals surface area contributed by atoms with Crippen LogP contribution in [0.3, 0.4) is 0 Å². The zero-order valence-corrected chi connectivity index (χ0v) is 14.0. The fourth-order valence-corrected chi connectivity index (χ4v) is 3.02. The van der Waals surface area contributed by atoms with Gasteiger partial charge in [0.2, 0.25) is 0 Å². The fraction of sp³-hybridized carbons (Fsp3) is 1.00. The van der Waals surface area contributed by atoms with E-state index in [2.05, 4.69) is 6.92 Å². The van der Waals surface area contributed by atoms with E-state index in [9.17, 15) is 12.3 Å². The molecule has 0 aliphatic heterocycles. The molecule has 122 valence electrons. The first kappa shape index (κ1) is 19.9. The van der Waals surface area contributed by atoms with E-state index in [1.165, 1.54) is 64.2 Å². The monoisotopic (exact) mass is 308 g/mol. The van der Waals surface area contributed by atoms with Gasteiger partial charge in [-0.15, -0.1) is 3.89 Å². The Hall–Kier alpha value is -0.120. The van der Waals surface area contributed by atoms with Gasteiger partial charge in [0.1, 0.15) is 0 Å². The van der Waals surface area contributed by atoms with Crippen molar-refractivity contribution in [3.8, 4) is 0 Å². The van der Waals surface area contributed by atoms with Crippen LogP contribution in [0.2, 0.25) is 0 Å². The second kappa shape index (κ2) is 13.8. The van der Waals surface area contributed by atoms with Crippen LogP contribution in [-0.2, 0) is 10.2 Å². The van der Waals surface area contributed by atoms with E-state index in [0.29, 0.717) is 6.42 Å². The zero-order chi connectivity index (χ0) is 15.1. The lowest BCUT2D eigenvalue weighted by atomic mass is 10.0. The molecule has 0 saturated heterocycles. The number of unbranched alkanes of at least 4 members (excludes halogenated alkanes) is 13. The largest absolute Gasteiger partial charge is 0.302 e. The molecule has 0 spiro atoms. The third-order valence-corrected chi connectivity index (χ3v) is 4.52. The summed E-state index contributed by atoms with van der Waals surface area (Å²) >= 11 is 0. The molecule has 2 nitrogen and oxygen atoms in total. The van der Waals surface area contributed by atoms with Crippen LogP contribution < -0.4 is 0 Å². The van der Waals surface area contributed by atoms with E-state index in [1.54, 1.807) is 0 Å². The molecule has 20 heavy (non-hydrogen) atoms. The predicted molar refractivity (Wildman–Crippen MR) is 85.2 cm³/mol. The van der Waals surface area contributed by atoms with Gasteiger partial charge >= 0.3 is 10.2 Å². The van der Waals surface area contributed by atoms with Crippen molar-refractivity contribution in [2.24, 2.45) is 0 Å². The summed E-state index contributed by atoms with van der Waals surface area (Å²) in [6, 6.07) is 0. The van der Waals surface area contributed by atoms with Gasteiger partial charge in [-0.25, -0.2) is 0 Å². The summed E-state index contributed by atoms with van der Waals surface area (Å²) in [5.74, 6) is -0.301. The highest BCUT2D eigenvalue weighted by Crippen LogP contribution is 2.13. The standard InChI is InChI=1S/C16H33FO2S/c1-2-3-4-5-6-7-8-9-10-11-12-13-14-15-16-20(17,18)19/h2-16H2,1H3. The molecular formula is C16H33FO2S. The Morgan fingerprint density at radius 1 is 0.600 bits per heavy atom. The van der Waals surface area contributed by atoms with Crippen molar-refractivity contribution in [1.29, 1.82) is 0 Å². The maximum Gasteiger partial charge on any atom is 0.302 e. The topological polar surface area (TPSA) is 34.1 Å². The van der Waals surface area contributed by atoms with Gasteiger partial charge in [0.05, 0.1) is 5.75 Å². The molecule has 4 heteroatoms. The SMILES string of the molecule is CCCCCCCCCCCCCCCCS(=O)(=O)F. The maximum absolute atomic E-state index is 12.2. The highest BCUT2D eigenvalue weighted by atomic mass is 32.3. The Kier molecular flexibility index (Phi) is 13.8. The quantitative estimate of drug-likeness (QED) is 0.284. The molecule has 0 saturated carbocycles. The lowest BCUT2D eigenvalue weighted by Crippen LogP contribution is -1.97. The second-order valence-corrected chi connectivity index (χ2v) is 7.33. The van der Waals surface area contributed by atoms with Gasteiger partial charge < -0.3 is 0 Å². The highest BCUT2D eigenvalue weighted by molar-refractivity contribution is 7.86. The van der Waals surface area contributed by atoms with Crippen LogP contribution in [0, 0.1) is 0 Å². The first-order valence-electron chi connectivity index (χ1n) is 8.48. The average Bonchev–Trinajstić information content (AvgIpc) is 2.38. The van der Waals surface area contributed by atoms with Gasteiger partial charge in [-0.05, 0) is 6.42 Å². The Labute approximate surface area is 125 Å². The molecule has 0 aromatic carbocycles. The van der Waals surface area contributed by atoms with Crippen LogP contribution in [0.15, 0.2) is 0 Å². The highest BCUT2D eigenvalue weighted by Gasteiger charge is 2.05. The van der Waals surface area contributed by atoms with Crippen LogP contribution in [-0.4, -0.2) is 14.2 Å². The Morgan fingerprint density at radius 2 is 0.900 bits per heavy atom. The number of halogens is 1. The molecule has 0 atom stereocenters. The summed E-state index contributed by atoms with van der Waals surface area (Å²) < 4.78 is 32.8. The molecule has 0 fully saturated rings. The van der Waals surface area contributed by atoms with Crippen LogP contribution in [0.4, 0.5) is 3.89 Å². The third kappa shape index (κ3) is 17.9. The van der Waals surface area contributed by atoms with Gasteiger partial charge in [-0.1, -0.05) is 90.4 Å². The lowest BCUT2D eigenvalue weighted by molar-refractivity contribution is 0.531. The van der Waals surface area contributed by atoms with Gasteiger partial charge in [-0.2, -0.15) is 8.42 Å². The fourth-order valence-electron chi connectivity index (χ4n) is 2.47. The summed E-state index contributed by atoms with van der Waals surface area (Å²) in [4.78, 5) is 0. The first-order valence-corrected chi connectivity index (χ1v) is 10.0. The molecular weight excluding hydrogens is 275 g/mol. The minimum atomic E-state index is -4.24. The second-order valence-electron chi connectivity index (χ2n) is 5.84. The van der Waals surface area contributed by atoms with Gasteiger partial charge in [0.15, 0.2) is 0 Å². The van der Waals surface area contributed by atoms with Gasteiger partial charge in [-0.3, -0.25) is 0 Å². The third-order valence-electron chi connectivity index (χ3n) is 3.74. The molecule has 0 heterocycles. The Morgan fingerprint density at radius 3 is 1.20 bits per heavy atom. The predicted octanol–water partition coefficient (Wildman–Crippen LogP) is 5.77. The maximum atomic E-state index is 12.2. The molecule has 0 aliphatic rings. The van der Waals surface area contributed by atoms with Crippen molar-refractivity contribution < 1.29 is 12.3 Å². The number of hydrogen-bond acceptors (Lipinski definition) is 2. The van der Waals surface area contributed by atoms with Crippen molar-refractivity contribution >= 4 is 10.2 Å². The molecule has 0 aromatic rings. The Bertz CT molecular complexity index is 289. The van der Waals surface area contributed by atoms with Crippen LogP contribution >= 0.6 is 0 Å². The van der Waals surface area contributed by atoms with E-state index in [1.807, 2.05) is 0 Å². The summed E-state index contributed by atoms with van der Waals surface area (Å²) in [5.41, 5.74) is 0. The summed E-state index contributed by atoms with van der Waals surface area (Å²) in [7, 11) is -4.24. The van der Waals surface area contributed by atoms with E-state index in [4.69, 9.17) is 0 Å². The zero-order valence-electron chi connectivity index (χ0n) is 13.2. The molecule has 0 bridgehead atoms. The minimum Gasteiger partial charge on any atom is -0.195 e. The molecule has 0 aromatic heterocycles. The Balaban J connectivity index is 3.03. The van der Waals surface area contributed by atoms with Crippen molar-refractivity contribution in [2.75, 3.05) is 5.75 Å². The lowest BCUT2D eigenvalue weighted by Gasteiger charge is -2.02. The van der Waals surface area contributed by atoms with Crippen LogP contribution in [0.1, 0.15) is 96.8 Å². The van der Waals surface area contributed by atoms with Crippen LogP contribution in [0.25, 0.3) is 0 Å². The number of rotatable bonds is 15. The number of hydrogen-bond donors (Lipinski definition) is 0.